The summed E-state index contributed by atoms with van der Waals surface area (Å²) in [6.07, 6.45) is 0. The summed E-state index contributed by atoms with van der Waals surface area (Å²) in [6.45, 7) is 0. The minimum absolute atomic E-state index is 0.00330. The normalized spacial score (nSPS) is 19.8. The van der Waals surface area contributed by atoms with Crippen molar-refractivity contribution in [1.82, 2.24) is 4.90 Å². The predicted molar refractivity (Wildman–Crippen MR) is 90.6 cm³/mol. The van der Waals surface area contributed by atoms with Gasteiger partial charge in [0.2, 0.25) is 0 Å². The molecule has 1 atom stereocenters. The number of aliphatic hydroxyl groups excluding tert-OH is 1. The Balaban J connectivity index is 2.16. The molecular weight excluding hydrogens is 377 g/mol. The van der Waals surface area contributed by atoms with E-state index in [2.05, 4.69) is 15.9 Å². The Bertz CT molecular complexity index is 844. The second-order valence-electron chi connectivity index (χ2n) is 5.47. The van der Waals surface area contributed by atoms with Gasteiger partial charge in [-0.15, -0.1) is 0 Å². The smallest absolute Gasteiger partial charge is 0.295 e. The fourth-order valence-electron chi connectivity index (χ4n) is 2.75. The largest absolute Gasteiger partial charge is 0.507 e. The summed E-state index contributed by atoms with van der Waals surface area (Å²) in [5, 5.41) is 10.6. The molecule has 1 aliphatic rings. The minimum Gasteiger partial charge on any atom is -0.507 e. The van der Waals surface area contributed by atoms with E-state index in [0.29, 0.717) is 11.1 Å². The first kappa shape index (κ1) is 16.4. The summed E-state index contributed by atoms with van der Waals surface area (Å²) in [5.74, 6) is -2.13. The number of Topliss-reactive ketones (excluding diaryl/α,β-unsaturated/α-hetero) is 1. The number of ketones is 1. The molecule has 1 amide bonds. The molecule has 24 heavy (non-hydrogen) atoms. The van der Waals surface area contributed by atoms with E-state index in [9.17, 15) is 19.1 Å². The Morgan fingerprint density at radius 1 is 1.08 bits per heavy atom. The number of benzene rings is 2. The Labute approximate surface area is 146 Å². The van der Waals surface area contributed by atoms with Crippen LogP contribution in [0.3, 0.4) is 0 Å². The number of likely N-dealkylation sites (tertiary alicyclic amines) is 1. The molecule has 0 radical (unpaired) electrons. The summed E-state index contributed by atoms with van der Waals surface area (Å²) in [7, 11) is 1.48. The quantitative estimate of drug-likeness (QED) is 0.484. The molecule has 1 aliphatic heterocycles. The molecular formula is C18H13BrFNO3. The first-order valence-electron chi connectivity index (χ1n) is 7.16. The minimum atomic E-state index is -0.757. The average molecular weight is 390 g/mol. The SMILES string of the molecule is CN1C(=O)C(=O)C(=C(O)c2ccc(Br)cc2)C1c1ccc(F)cc1. The van der Waals surface area contributed by atoms with Crippen LogP contribution in [0.5, 0.6) is 0 Å². The zero-order chi connectivity index (χ0) is 17.4. The lowest BCUT2D eigenvalue weighted by Gasteiger charge is -2.21. The van der Waals surface area contributed by atoms with Crippen molar-refractivity contribution in [1.29, 1.82) is 0 Å². The van der Waals surface area contributed by atoms with Crippen LogP contribution in [0.4, 0.5) is 4.39 Å². The first-order valence-corrected chi connectivity index (χ1v) is 7.95. The number of carbonyl (C=O) groups excluding carboxylic acids is 2. The van der Waals surface area contributed by atoms with Crippen molar-refractivity contribution >= 4 is 33.4 Å². The zero-order valence-corrected chi connectivity index (χ0v) is 14.2. The monoisotopic (exact) mass is 389 g/mol. The van der Waals surface area contributed by atoms with Crippen LogP contribution >= 0.6 is 15.9 Å². The lowest BCUT2D eigenvalue weighted by molar-refractivity contribution is -0.139. The number of hydrogen-bond acceptors (Lipinski definition) is 3. The van der Waals surface area contributed by atoms with Crippen molar-refractivity contribution in [2.45, 2.75) is 6.04 Å². The third kappa shape index (κ3) is 2.73. The maximum absolute atomic E-state index is 13.2. The highest BCUT2D eigenvalue weighted by atomic mass is 79.9. The van der Waals surface area contributed by atoms with Gasteiger partial charge >= 0.3 is 0 Å². The van der Waals surface area contributed by atoms with E-state index in [1.165, 1.54) is 36.2 Å². The van der Waals surface area contributed by atoms with Crippen LogP contribution in [0.15, 0.2) is 58.6 Å². The van der Waals surface area contributed by atoms with Gasteiger partial charge in [-0.05, 0) is 29.8 Å². The van der Waals surface area contributed by atoms with E-state index in [0.717, 1.165) is 4.47 Å². The van der Waals surface area contributed by atoms with E-state index >= 15 is 0 Å². The van der Waals surface area contributed by atoms with Crippen LogP contribution in [-0.2, 0) is 9.59 Å². The molecule has 1 fully saturated rings. The van der Waals surface area contributed by atoms with Gasteiger partial charge in [-0.2, -0.15) is 0 Å². The molecule has 3 rings (SSSR count). The second-order valence-corrected chi connectivity index (χ2v) is 6.38. The van der Waals surface area contributed by atoms with Gasteiger partial charge in [-0.3, -0.25) is 9.59 Å². The molecule has 4 nitrogen and oxygen atoms in total. The standard InChI is InChI=1S/C18H13BrFNO3/c1-21-15(10-4-8-13(20)9-5-10)14(17(23)18(21)24)16(22)11-2-6-12(19)7-3-11/h2-9,15,22H,1H3. The van der Waals surface area contributed by atoms with Crippen LogP contribution in [0, 0.1) is 5.82 Å². The number of amides is 1. The van der Waals surface area contributed by atoms with Gasteiger partial charge in [0.15, 0.2) is 0 Å². The molecule has 6 heteroatoms. The first-order chi connectivity index (χ1) is 11.4. The molecule has 0 bridgehead atoms. The number of rotatable bonds is 2. The summed E-state index contributed by atoms with van der Waals surface area (Å²) in [6, 6.07) is 11.5. The van der Waals surface area contributed by atoms with E-state index in [4.69, 9.17) is 0 Å². The second kappa shape index (κ2) is 6.20. The summed E-state index contributed by atoms with van der Waals surface area (Å²) < 4.78 is 14.0. The van der Waals surface area contributed by atoms with E-state index < -0.39 is 23.5 Å². The lowest BCUT2D eigenvalue weighted by atomic mass is 9.95. The van der Waals surface area contributed by atoms with Crippen LogP contribution < -0.4 is 0 Å². The third-order valence-corrected chi connectivity index (χ3v) is 4.51. The zero-order valence-electron chi connectivity index (χ0n) is 12.7. The number of nitrogens with zero attached hydrogens (tertiary/aromatic N) is 1. The molecule has 0 spiro atoms. The lowest BCUT2D eigenvalue weighted by Crippen LogP contribution is -2.24. The molecule has 2 aromatic carbocycles. The van der Waals surface area contributed by atoms with Gasteiger partial charge < -0.3 is 10.0 Å². The molecule has 0 aliphatic carbocycles. The molecule has 1 heterocycles. The fourth-order valence-corrected chi connectivity index (χ4v) is 3.01. The van der Waals surface area contributed by atoms with Crippen molar-refractivity contribution in [3.63, 3.8) is 0 Å². The Morgan fingerprint density at radius 3 is 2.25 bits per heavy atom. The van der Waals surface area contributed by atoms with E-state index in [1.807, 2.05) is 0 Å². The van der Waals surface area contributed by atoms with Crippen LogP contribution in [0.1, 0.15) is 17.2 Å². The molecule has 1 N–H and O–H groups in total. The highest BCUT2D eigenvalue weighted by molar-refractivity contribution is 9.10. The number of likely N-dealkylation sites (N-methyl/N-ethyl adjacent to an activating group) is 1. The molecule has 1 saturated heterocycles. The van der Waals surface area contributed by atoms with Gasteiger partial charge in [0.25, 0.3) is 11.7 Å². The highest BCUT2D eigenvalue weighted by Gasteiger charge is 2.44. The van der Waals surface area contributed by atoms with Gasteiger partial charge in [-0.25, -0.2) is 4.39 Å². The van der Waals surface area contributed by atoms with Gasteiger partial charge in [0.05, 0.1) is 11.6 Å². The molecule has 122 valence electrons. The fraction of sp³-hybridized carbons (Fsp3) is 0.111. The predicted octanol–water partition coefficient (Wildman–Crippen LogP) is 3.64. The van der Waals surface area contributed by atoms with Crippen LogP contribution in [0.25, 0.3) is 5.76 Å². The Kier molecular flexibility index (Phi) is 4.24. The molecule has 2 aromatic rings. The Hall–Kier alpha value is -2.47. The number of hydrogen-bond donors (Lipinski definition) is 1. The molecule has 0 aromatic heterocycles. The van der Waals surface area contributed by atoms with Crippen molar-refractivity contribution in [2.75, 3.05) is 7.05 Å². The third-order valence-electron chi connectivity index (χ3n) is 3.98. The van der Waals surface area contributed by atoms with Crippen molar-refractivity contribution in [3.8, 4) is 0 Å². The number of aliphatic hydroxyl groups is 1. The van der Waals surface area contributed by atoms with Gasteiger partial charge in [-0.1, -0.05) is 40.2 Å². The van der Waals surface area contributed by atoms with Crippen molar-refractivity contribution < 1.29 is 19.1 Å². The summed E-state index contributed by atoms with van der Waals surface area (Å²) >= 11 is 3.30. The maximum Gasteiger partial charge on any atom is 0.295 e. The Morgan fingerprint density at radius 2 is 1.67 bits per heavy atom. The molecule has 0 saturated carbocycles. The number of carbonyl (C=O) groups is 2. The van der Waals surface area contributed by atoms with E-state index in [-0.39, 0.29) is 11.3 Å². The summed E-state index contributed by atoms with van der Waals surface area (Å²) in [5.41, 5.74) is 0.977. The van der Waals surface area contributed by atoms with E-state index in [1.54, 1.807) is 24.3 Å². The topological polar surface area (TPSA) is 57.6 Å². The van der Waals surface area contributed by atoms with Crippen LogP contribution in [0.2, 0.25) is 0 Å². The van der Waals surface area contributed by atoms with Crippen molar-refractivity contribution in [3.05, 3.63) is 75.5 Å². The molecule has 1 unspecified atom stereocenters. The average Bonchev–Trinajstić information content (AvgIpc) is 2.80. The highest BCUT2D eigenvalue weighted by Crippen LogP contribution is 2.38. The van der Waals surface area contributed by atoms with Gasteiger partial charge in [0, 0.05) is 17.1 Å². The van der Waals surface area contributed by atoms with Crippen LogP contribution in [-0.4, -0.2) is 28.7 Å². The maximum atomic E-state index is 13.2. The van der Waals surface area contributed by atoms with Crippen molar-refractivity contribution in [2.24, 2.45) is 0 Å². The number of halogens is 2. The van der Waals surface area contributed by atoms with Gasteiger partial charge in [0.1, 0.15) is 11.6 Å². The summed E-state index contributed by atoms with van der Waals surface area (Å²) in [4.78, 5) is 25.7.